The molecule has 0 fully saturated rings. The van der Waals surface area contributed by atoms with E-state index in [1.54, 1.807) is 17.8 Å². The van der Waals surface area contributed by atoms with Crippen LogP contribution in [-0.2, 0) is 0 Å². The quantitative estimate of drug-likeness (QED) is 0.197. The fraction of sp³-hybridized carbons (Fsp3) is 0.174. The monoisotopic (exact) mass is 477 g/mol. The highest BCUT2D eigenvalue weighted by atomic mass is 35.5. The molecule has 3 aromatic rings. The minimum atomic E-state index is -0.909. The lowest BCUT2D eigenvalue weighted by atomic mass is 10.0. The van der Waals surface area contributed by atoms with E-state index in [4.69, 9.17) is 16.3 Å². The topological polar surface area (TPSA) is 58.6 Å². The standard InChI is InChI=1S/C23H21ClFNO3S2/c1-14-11-19(13-20(15(14)2)23(27)28)31-26-9-10-30-18-6-3-16(4-7-18)29-17-5-8-22(25)21(24)12-17/h3-8,11-13,26H,9-10H2,1-2H3,(H,27,28). The van der Waals surface area contributed by atoms with E-state index in [1.165, 1.54) is 30.1 Å². The third-order valence-corrected chi connectivity index (χ3v) is 6.61. The van der Waals surface area contributed by atoms with Crippen LogP contribution in [0.3, 0.4) is 0 Å². The zero-order valence-corrected chi connectivity index (χ0v) is 19.3. The van der Waals surface area contributed by atoms with Crippen molar-refractivity contribution in [2.75, 3.05) is 12.3 Å². The first-order valence-corrected chi connectivity index (χ1v) is 11.6. The zero-order valence-electron chi connectivity index (χ0n) is 16.9. The van der Waals surface area contributed by atoms with E-state index in [9.17, 15) is 14.3 Å². The smallest absolute Gasteiger partial charge is 0.336 e. The molecule has 0 spiro atoms. The Morgan fingerprint density at radius 3 is 2.45 bits per heavy atom. The van der Waals surface area contributed by atoms with Gasteiger partial charge in [0.05, 0.1) is 10.6 Å². The number of aromatic carboxylic acids is 1. The van der Waals surface area contributed by atoms with Crippen LogP contribution in [0.5, 0.6) is 11.5 Å². The molecule has 0 saturated carbocycles. The van der Waals surface area contributed by atoms with Gasteiger partial charge in [-0.3, -0.25) is 4.72 Å². The minimum Gasteiger partial charge on any atom is -0.478 e. The number of hydrogen-bond acceptors (Lipinski definition) is 5. The normalized spacial score (nSPS) is 10.8. The summed E-state index contributed by atoms with van der Waals surface area (Å²) in [6, 6.07) is 15.5. The number of hydrogen-bond donors (Lipinski definition) is 2. The van der Waals surface area contributed by atoms with E-state index < -0.39 is 11.8 Å². The molecule has 3 rings (SSSR count). The van der Waals surface area contributed by atoms with Crippen molar-refractivity contribution >= 4 is 41.3 Å². The summed E-state index contributed by atoms with van der Waals surface area (Å²) in [6.07, 6.45) is 0. The molecule has 0 aliphatic carbocycles. The van der Waals surface area contributed by atoms with Gasteiger partial charge in [0.1, 0.15) is 17.3 Å². The van der Waals surface area contributed by atoms with Gasteiger partial charge in [-0.1, -0.05) is 11.6 Å². The SMILES string of the molecule is Cc1cc(SNCCSc2ccc(Oc3ccc(F)c(Cl)c3)cc2)cc(C(=O)O)c1C. The fourth-order valence-electron chi connectivity index (χ4n) is 2.73. The maximum atomic E-state index is 13.2. The van der Waals surface area contributed by atoms with Gasteiger partial charge in [0.15, 0.2) is 0 Å². The van der Waals surface area contributed by atoms with Crippen molar-refractivity contribution in [1.82, 2.24) is 4.72 Å². The number of carbonyl (C=O) groups is 1. The number of halogens is 2. The molecule has 0 saturated heterocycles. The van der Waals surface area contributed by atoms with Crippen LogP contribution in [-0.4, -0.2) is 23.4 Å². The molecule has 3 aromatic carbocycles. The molecule has 0 unspecified atom stereocenters. The molecule has 0 aliphatic rings. The van der Waals surface area contributed by atoms with Crippen LogP contribution in [0.4, 0.5) is 4.39 Å². The zero-order chi connectivity index (χ0) is 22.4. The molecule has 0 amide bonds. The molecule has 162 valence electrons. The number of ether oxygens (including phenoxy) is 1. The Morgan fingerprint density at radius 2 is 1.77 bits per heavy atom. The Labute approximate surface area is 194 Å². The van der Waals surface area contributed by atoms with Crippen molar-refractivity contribution in [3.05, 3.63) is 82.1 Å². The summed E-state index contributed by atoms with van der Waals surface area (Å²) in [7, 11) is 0. The van der Waals surface area contributed by atoms with Gasteiger partial charge in [0.25, 0.3) is 0 Å². The molecule has 0 bridgehead atoms. The third kappa shape index (κ3) is 6.64. The van der Waals surface area contributed by atoms with Crippen LogP contribution in [0.15, 0.2) is 64.4 Å². The van der Waals surface area contributed by atoms with Crippen molar-refractivity contribution in [2.45, 2.75) is 23.6 Å². The van der Waals surface area contributed by atoms with Gasteiger partial charge in [0, 0.05) is 28.2 Å². The Kier molecular flexibility index (Phi) is 8.26. The highest BCUT2D eigenvalue weighted by Gasteiger charge is 2.11. The van der Waals surface area contributed by atoms with Crippen molar-refractivity contribution in [3.8, 4) is 11.5 Å². The summed E-state index contributed by atoms with van der Waals surface area (Å²) in [6.45, 7) is 4.49. The summed E-state index contributed by atoms with van der Waals surface area (Å²) in [4.78, 5) is 13.3. The maximum Gasteiger partial charge on any atom is 0.336 e. The first kappa shape index (κ1) is 23.5. The molecule has 0 atom stereocenters. The van der Waals surface area contributed by atoms with E-state index in [0.29, 0.717) is 17.1 Å². The van der Waals surface area contributed by atoms with Crippen LogP contribution >= 0.6 is 35.3 Å². The van der Waals surface area contributed by atoms with Gasteiger partial charge < -0.3 is 9.84 Å². The highest BCUT2D eigenvalue weighted by molar-refractivity contribution is 7.99. The Bertz CT molecular complexity index is 1080. The predicted molar refractivity (Wildman–Crippen MR) is 125 cm³/mol. The number of thioether (sulfide) groups is 1. The van der Waals surface area contributed by atoms with Gasteiger partial charge in [0.2, 0.25) is 0 Å². The van der Waals surface area contributed by atoms with Crippen molar-refractivity contribution in [3.63, 3.8) is 0 Å². The lowest BCUT2D eigenvalue weighted by molar-refractivity contribution is 0.0695. The Hall–Kier alpha value is -2.19. The van der Waals surface area contributed by atoms with Crippen LogP contribution in [0.1, 0.15) is 21.5 Å². The molecule has 0 heterocycles. The van der Waals surface area contributed by atoms with E-state index in [-0.39, 0.29) is 5.02 Å². The maximum absolute atomic E-state index is 13.2. The first-order valence-electron chi connectivity index (χ1n) is 9.43. The largest absolute Gasteiger partial charge is 0.478 e. The molecule has 2 N–H and O–H groups in total. The molecule has 31 heavy (non-hydrogen) atoms. The van der Waals surface area contributed by atoms with Gasteiger partial charge in [-0.25, -0.2) is 9.18 Å². The van der Waals surface area contributed by atoms with Crippen LogP contribution in [0, 0.1) is 19.7 Å². The summed E-state index contributed by atoms with van der Waals surface area (Å²) < 4.78 is 22.2. The molecule has 0 radical (unpaired) electrons. The number of carboxylic acids is 1. The van der Waals surface area contributed by atoms with Crippen LogP contribution in [0.25, 0.3) is 0 Å². The molecular weight excluding hydrogens is 457 g/mol. The van der Waals surface area contributed by atoms with E-state index in [2.05, 4.69) is 4.72 Å². The Balaban J connectivity index is 1.45. The number of rotatable bonds is 9. The average molecular weight is 478 g/mol. The summed E-state index contributed by atoms with van der Waals surface area (Å²) in [5.41, 5.74) is 2.09. The number of carboxylic acid groups (broad SMARTS) is 1. The van der Waals surface area contributed by atoms with Gasteiger partial charge in [-0.15, -0.1) is 11.8 Å². The van der Waals surface area contributed by atoms with Gasteiger partial charge in [-0.2, -0.15) is 0 Å². The third-order valence-electron chi connectivity index (χ3n) is 4.48. The minimum absolute atomic E-state index is 0.0232. The van der Waals surface area contributed by atoms with E-state index in [0.717, 1.165) is 33.2 Å². The number of aryl methyl sites for hydroxylation is 1. The predicted octanol–water partition coefficient (Wildman–Crippen LogP) is 6.98. The van der Waals surface area contributed by atoms with E-state index >= 15 is 0 Å². The number of benzene rings is 3. The molecule has 0 aromatic heterocycles. The second-order valence-electron chi connectivity index (χ2n) is 6.71. The number of nitrogens with one attached hydrogen (secondary N) is 1. The molecular formula is C23H21ClFNO3S2. The van der Waals surface area contributed by atoms with Crippen LogP contribution < -0.4 is 9.46 Å². The van der Waals surface area contributed by atoms with Crippen LogP contribution in [0.2, 0.25) is 5.02 Å². The van der Waals surface area contributed by atoms with Crippen molar-refractivity contribution < 1.29 is 19.0 Å². The summed E-state index contributed by atoms with van der Waals surface area (Å²) in [5, 5.41) is 9.34. The molecule has 4 nitrogen and oxygen atoms in total. The van der Waals surface area contributed by atoms with Crippen molar-refractivity contribution in [2.24, 2.45) is 0 Å². The van der Waals surface area contributed by atoms with Gasteiger partial charge >= 0.3 is 5.97 Å². The van der Waals surface area contributed by atoms with Crippen molar-refractivity contribution in [1.29, 1.82) is 0 Å². The Morgan fingerprint density at radius 1 is 1.06 bits per heavy atom. The lowest BCUT2D eigenvalue weighted by Gasteiger charge is -2.10. The second-order valence-corrected chi connectivity index (χ2v) is 9.25. The summed E-state index contributed by atoms with van der Waals surface area (Å²) >= 11 is 8.90. The molecule has 8 heteroatoms. The van der Waals surface area contributed by atoms with Gasteiger partial charge in [-0.05, 0) is 85.5 Å². The highest BCUT2D eigenvalue weighted by Crippen LogP contribution is 2.28. The summed E-state index contributed by atoms with van der Waals surface area (Å²) in [5.74, 6) is 0.577. The average Bonchev–Trinajstić information content (AvgIpc) is 2.74. The molecule has 0 aliphatic heterocycles. The first-order chi connectivity index (χ1) is 14.8. The van der Waals surface area contributed by atoms with E-state index in [1.807, 2.05) is 44.2 Å². The lowest BCUT2D eigenvalue weighted by Crippen LogP contribution is -2.08. The fourth-order valence-corrected chi connectivity index (χ4v) is 4.58. The second kappa shape index (κ2) is 10.9.